The fourth-order valence-electron chi connectivity index (χ4n) is 2.49. The highest BCUT2D eigenvalue weighted by Gasteiger charge is 2.24. The number of carbonyl (C=O) groups excluding carboxylic acids is 1. The summed E-state index contributed by atoms with van der Waals surface area (Å²) in [5.41, 5.74) is -0.146. The highest BCUT2D eigenvalue weighted by molar-refractivity contribution is 5.81. The van der Waals surface area contributed by atoms with E-state index in [1.807, 2.05) is 27.7 Å². The van der Waals surface area contributed by atoms with E-state index in [0.717, 1.165) is 5.92 Å². The third-order valence-electron chi connectivity index (χ3n) is 3.31. The van der Waals surface area contributed by atoms with Crippen molar-refractivity contribution in [2.45, 2.75) is 77.9 Å². The smallest absolute Gasteiger partial charge is 0.237 e. The minimum absolute atomic E-state index is 0.0930. The van der Waals surface area contributed by atoms with E-state index >= 15 is 0 Å². The molecule has 0 heterocycles. The first-order valence-corrected chi connectivity index (χ1v) is 6.86. The van der Waals surface area contributed by atoms with Crippen molar-refractivity contribution in [1.29, 1.82) is 0 Å². The van der Waals surface area contributed by atoms with Crippen LogP contribution in [0.2, 0.25) is 0 Å². The Morgan fingerprint density at radius 1 is 1.29 bits per heavy atom. The minimum atomic E-state index is -0.146. The normalized spacial score (nSPS) is 27.6. The summed E-state index contributed by atoms with van der Waals surface area (Å²) in [6, 6.07) is 0.420. The van der Waals surface area contributed by atoms with Gasteiger partial charge in [0.25, 0.3) is 0 Å². The number of hydrogen-bond acceptors (Lipinski definition) is 2. The highest BCUT2D eigenvalue weighted by Crippen LogP contribution is 2.23. The lowest BCUT2D eigenvalue weighted by atomic mass is 9.87. The molecule has 3 unspecified atom stereocenters. The summed E-state index contributed by atoms with van der Waals surface area (Å²) in [4.78, 5) is 11.9. The van der Waals surface area contributed by atoms with Crippen LogP contribution in [-0.2, 0) is 4.79 Å². The van der Waals surface area contributed by atoms with E-state index in [9.17, 15) is 4.79 Å². The number of hydrogen-bond donors (Lipinski definition) is 2. The molecule has 0 aromatic heterocycles. The van der Waals surface area contributed by atoms with Crippen molar-refractivity contribution < 1.29 is 4.79 Å². The van der Waals surface area contributed by atoms with Gasteiger partial charge in [-0.1, -0.05) is 19.8 Å². The average molecular weight is 240 g/mol. The summed E-state index contributed by atoms with van der Waals surface area (Å²) in [5.74, 6) is 0.898. The number of rotatable bonds is 3. The van der Waals surface area contributed by atoms with E-state index < -0.39 is 0 Å². The SMILES string of the molecule is CC1CCCC(NC(C)C(=O)NC(C)(C)C)C1. The monoisotopic (exact) mass is 240 g/mol. The summed E-state index contributed by atoms with van der Waals surface area (Å²) in [5, 5.41) is 6.48. The molecule has 1 fully saturated rings. The van der Waals surface area contributed by atoms with Crippen molar-refractivity contribution in [3.05, 3.63) is 0 Å². The molecule has 0 bridgehead atoms. The van der Waals surface area contributed by atoms with Gasteiger partial charge in [0.1, 0.15) is 0 Å². The Bertz CT molecular complexity index is 257. The molecule has 1 aliphatic rings. The molecule has 1 aliphatic carbocycles. The van der Waals surface area contributed by atoms with Gasteiger partial charge in [-0.05, 0) is 46.5 Å². The Kier molecular flexibility index (Phi) is 4.99. The lowest BCUT2D eigenvalue weighted by Gasteiger charge is -2.31. The zero-order valence-electron chi connectivity index (χ0n) is 12.0. The lowest BCUT2D eigenvalue weighted by molar-refractivity contribution is -0.124. The maximum Gasteiger partial charge on any atom is 0.237 e. The van der Waals surface area contributed by atoms with E-state index in [0.29, 0.717) is 6.04 Å². The summed E-state index contributed by atoms with van der Waals surface area (Å²) < 4.78 is 0. The molecule has 17 heavy (non-hydrogen) atoms. The largest absolute Gasteiger partial charge is 0.350 e. The van der Waals surface area contributed by atoms with Crippen LogP contribution >= 0.6 is 0 Å². The highest BCUT2D eigenvalue weighted by atomic mass is 16.2. The van der Waals surface area contributed by atoms with Gasteiger partial charge in [0, 0.05) is 11.6 Å². The first kappa shape index (κ1) is 14.5. The topological polar surface area (TPSA) is 41.1 Å². The molecule has 0 radical (unpaired) electrons. The Morgan fingerprint density at radius 2 is 1.94 bits per heavy atom. The Morgan fingerprint density at radius 3 is 2.47 bits per heavy atom. The van der Waals surface area contributed by atoms with Gasteiger partial charge in [0.05, 0.1) is 6.04 Å². The quantitative estimate of drug-likeness (QED) is 0.795. The Balaban J connectivity index is 2.37. The predicted octanol–water partition coefficient (Wildman–Crippen LogP) is 2.46. The summed E-state index contributed by atoms with van der Waals surface area (Å²) in [7, 11) is 0. The van der Waals surface area contributed by atoms with Gasteiger partial charge >= 0.3 is 0 Å². The van der Waals surface area contributed by atoms with E-state index in [4.69, 9.17) is 0 Å². The van der Waals surface area contributed by atoms with Gasteiger partial charge < -0.3 is 10.6 Å². The van der Waals surface area contributed by atoms with Gasteiger partial charge in [0.2, 0.25) is 5.91 Å². The molecule has 0 spiro atoms. The van der Waals surface area contributed by atoms with Crippen molar-refractivity contribution in [1.82, 2.24) is 10.6 Å². The fourth-order valence-corrected chi connectivity index (χ4v) is 2.49. The Labute approximate surface area is 106 Å². The molecule has 1 rings (SSSR count). The second kappa shape index (κ2) is 5.85. The first-order valence-electron chi connectivity index (χ1n) is 6.86. The minimum Gasteiger partial charge on any atom is -0.350 e. The summed E-state index contributed by atoms with van der Waals surface area (Å²) in [6.45, 7) is 10.3. The molecular formula is C14H28N2O. The number of nitrogens with one attached hydrogen (secondary N) is 2. The van der Waals surface area contributed by atoms with Crippen LogP contribution in [0.3, 0.4) is 0 Å². The Hall–Kier alpha value is -0.570. The molecule has 3 heteroatoms. The second-order valence-corrected chi connectivity index (χ2v) is 6.60. The summed E-state index contributed by atoms with van der Waals surface area (Å²) in [6.07, 6.45) is 5.03. The molecule has 0 aliphatic heterocycles. The molecule has 2 N–H and O–H groups in total. The van der Waals surface area contributed by atoms with Crippen molar-refractivity contribution in [3.8, 4) is 0 Å². The molecule has 3 nitrogen and oxygen atoms in total. The van der Waals surface area contributed by atoms with E-state index in [-0.39, 0.29) is 17.5 Å². The van der Waals surface area contributed by atoms with Crippen LogP contribution in [0.4, 0.5) is 0 Å². The molecule has 0 aromatic rings. The molecule has 1 amide bonds. The number of carbonyl (C=O) groups is 1. The summed E-state index contributed by atoms with van der Waals surface area (Å²) >= 11 is 0. The van der Waals surface area contributed by atoms with Gasteiger partial charge in [-0.2, -0.15) is 0 Å². The molecule has 0 saturated heterocycles. The van der Waals surface area contributed by atoms with Crippen LogP contribution in [0.25, 0.3) is 0 Å². The van der Waals surface area contributed by atoms with Gasteiger partial charge in [0.15, 0.2) is 0 Å². The first-order chi connectivity index (χ1) is 7.78. The fraction of sp³-hybridized carbons (Fsp3) is 0.929. The van der Waals surface area contributed by atoms with Crippen LogP contribution in [0.5, 0.6) is 0 Å². The maximum atomic E-state index is 11.9. The van der Waals surface area contributed by atoms with E-state index in [1.165, 1.54) is 25.7 Å². The standard InChI is InChI=1S/C14H28N2O/c1-10-7-6-8-12(9-10)15-11(2)13(17)16-14(3,4)5/h10-12,15H,6-9H2,1-5H3,(H,16,17). The molecular weight excluding hydrogens is 212 g/mol. The predicted molar refractivity (Wildman–Crippen MR) is 71.9 cm³/mol. The third kappa shape index (κ3) is 5.53. The van der Waals surface area contributed by atoms with E-state index in [1.54, 1.807) is 0 Å². The van der Waals surface area contributed by atoms with Crippen molar-refractivity contribution >= 4 is 5.91 Å². The van der Waals surface area contributed by atoms with Gasteiger partial charge in [-0.3, -0.25) is 4.79 Å². The third-order valence-corrected chi connectivity index (χ3v) is 3.31. The molecule has 100 valence electrons. The van der Waals surface area contributed by atoms with Crippen LogP contribution in [0.1, 0.15) is 60.3 Å². The van der Waals surface area contributed by atoms with Gasteiger partial charge in [-0.25, -0.2) is 0 Å². The zero-order chi connectivity index (χ0) is 13.1. The van der Waals surface area contributed by atoms with Crippen LogP contribution in [-0.4, -0.2) is 23.5 Å². The van der Waals surface area contributed by atoms with Crippen molar-refractivity contribution in [2.24, 2.45) is 5.92 Å². The van der Waals surface area contributed by atoms with Gasteiger partial charge in [-0.15, -0.1) is 0 Å². The average Bonchev–Trinajstić information content (AvgIpc) is 2.14. The number of amides is 1. The zero-order valence-corrected chi connectivity index (χ0v) is 12.0. The second-order valence-electron chi connectivity index (χ2n) is 6.60. The van der Waals surface area contributed by atoms with Crippen LogP contribution in [0.15, 0.2) is 0 Å². The molecule has 3 atom stereocenters. The lowest BCUT2D eigenvalue weighted by Crippen LogP contribution is -2.52. The molecule has 1 saturated carbocycles. The van der Waals surface area contributed by atoms with Crippen molar-refractivity contribution in [2.75, 3.05) is 0 Å². The van der Waals surface area contributed by atoms with Crippen molar-refractivity contribution in [3.63, 3.8) is 0 Å². The van der Waals surface area contributed by atoms with Crippen LogP contribution in [0, 0.1) is 5.92 Å². The van der Waals surface area contributed by atoms with E-state index in [2.05, 4.69) is 17.6 Å². The molecule has 0 aromatic carbocycles. The van der Waals surface area contributed by atoms with Crippen LogP contribution < -0.4 is 10.6 Å². The maximum absolute atomic E-state index is 11.9.